The third kappa shape index (κ3) is 6.10. The van der Waals surface area contributed by atoms with Crippen LogP contribution in [-0.4, -0.2) is 34.4 Å². The van der Waals surface area contributed by atoms with E-state index in [1.807, 2.05) is 0 Å². The van der Waals surface area contributed by atoms with E-state index >= 15 is 0 Å². The van der Waals surface area contributed by atoms with Gasteiger partial charge in [-0.25, -0.2) is 9.78 Å². The lowest BCUT2D eigenvalue weighted by molar-refractivity contribution is -0.163. The Kier molecular flexibility index (Phi) is 7.29. The van der Waals surface area contributed by atoms with Gasteiger partial charge in [0.25, 0.3) is 0 Å². The van der Waals surface area contributed by atoms with Crippen LogP contribution in [0.2, 0.25) is 0 Å². The van der Waals surface area contributed by atoms with E-state index in [4.69, 9.17) is 13.9 Å². The molecule has 32 heavy (non-hydrogen) atoms. The van der Waals surface area contributed by atoms with Gasteiger partial charge >= 0.3 is 12.1 Å². The number of hydrogen-bond acceptors (Lipinski definition) is 5. The molecule has 0 bridgehead atoms. The highest BCUT2D eigenvalue weighted by Gasteiger charge is 2.32. The van der Waals surface area contributed by atoms with Crippen molar-refractivity contribution in [2.24, 2.45) is 5.92 Å². The van der Waals surface area contributed by atoms with E-state index in [0.29, 0.717) is 18.1 Å². The predicted molar refractivity (Wildman–Crippen MR) is 110 cm³/mol. The summed E-state index contributed by atoms with van der Waals surface area (Å²) in [6.45, 7) is 5.30. The predicted octanol–water partition coefficient (Wildman–Crippen LogP) is 5.62. The lowest BCUT2D eigenvalue weighted by atomic mass is 9.87. The molecule has 1 saturated carbocycles. The summed E-state index contributed by atoms with van der Waals surface area (Å²) in [6.07, 6.45) is -0.968. The highest BCUT2D eigenvalue weighted by molar-refractivity contribution is 5.76. The average molecular weight is 455 g/mol. The molecular weight excluding hydrogens is 427 g/mol. The smallest absolute Gasteiger partial charge is 0.416 e. The number of benzene rings is 1. The topological polar surface area (TPSA) is 81.8 Å². The van der Waals surface area contributed by atoms with E-state index in [9.17, 15) is 23.1 Å². The molecule has 1 heterocycles. The molecule has 1 aliphatic carbocycles. The van der Waals surface area contributed by atoms with Gasteiger partial charge in [0.1, 0.15) is 11.5 Å². The second kappa shape index (κ2) is 9.62. The van der Waals surface area contributed by atoms with Crippen LogP contribution in [0.25, 0.3) is 11.5 Å². The molecule has 3 rings (SSSR count). The number of carboxylic acid groups (broad SMARTS) is 1. The lowest BCUT2D eigenvalue weighted by Gasteiger charge is -2.31. The molecule has 0 radical (unpaired) electrons. The minimum Gasteiger partial charge on any atom is -0.479 e. The fourth-order valence-corrected chi connectivity index (χ4v) is 3.64. The Balaban J connectivity index is 1.58. The molecule has 0 amide bonds. The number of aliphatic carboxylic acids is 1. The SMILES string of the molecule is Cc1oc(-c2cccc(C(F)(F)F)c2)nc1COC1CCCC(COC(C)(C)C(=O)O)C1. The first-order valence-electron chi connectivity index (χ1n) is 10.6. The molecule has 9 heteroatoms. The summed E-state index contributed by atoms with van der Waals surface area (Å²) in [5.41, 5.74) is -1.19. The highest BCUT2D eigenvalue weighted by Crippen LogP contribution is 2.33. The first kappa shape index (κ1) is 24.3. The molecule has 2 atom stereocenters. The minimum absolute atomic E-state index is 0.0293. The van der Waals surface area contributed by atoms with Crippen molar-refractivity contribution in [3.05, 3.63) is 41.3 Å². The Bertz CT molecular complexity index is 938. The van der Waals surface area contributed by atoms with Crippen LogP contribution < -0.4 is 0 Å². The van der Waals surface area contributed by atoms with Crippen LogP contribution in [0.4, 0.5) is 13.2 Å². The third-order valence-electron chi connectivity index (χ3n) is 5.71. The zero-order valence-corrected chi connectivity index (χ0v) is 18.4. The van der Waals surface area contributed by atoms with Crippen molar-refractivity contribution in [1.29, 1.82) is 0 Å². The summed E-state index contributed by atoms with van der Waals surface area (Å²) < 4.78 is 56.1. The van der Waals surface area contributed by atoms with E-state index in [0.717, 1.165) is 37.8 Å². The van der Waals surface area contributed by atoms with E-state index in [2.05, 4.69) is 4.98 Å². The van der Waals surface area contributed by atoms with Gasteiger partial charge in [-0.05, 0) is 64.2 Å². The fraction of sp³-hybridized carbons (Fsp3) is 0.565. The second-order valence-corrected chi connectivity index (χ2v) is 8.69. The molecule has 0 spiro atoms. The fourth-order valence-electron chi connectivity index (χ4n) is 3.64. The zero-order valence-electron chi connectivity index (χ0n) is 18.4. The molecule has 6 nitrogen and oxygen atoms in total. The number of aryl methyl sites for hydroxylation is 1. The van der Waals surface area contributed by atoms with E-state index < -0.39 is 23.3 Å². The summed E-state index contributed by atoms with van der Waals surface area (Å²) in [5, 5.41) is 9.18. The lowest BCUT2D eigenvalue weighted by Crippen LogP contribution is -2.37. The molecular formula is C23H28F3NO5. The van der Waals surface area contributed by atoms with Crippen LogP contribution in [0.15, 0.2) is 28.7 Å². The Morgan fingerprint density at radius 1 is 1.28 bits per heavy atom. The van der Waals surface area contributed by atoms with Crippen LogP contribution >= 0.6 is 0 Å². The number of carbonyl (C=O) groups is 1. The quantitative estimate of drug-likeness (QED) is 0.556. The van der Waals surface area contributed by atoms with Crippen molar-refractivity contribution < 1.29 is 37.0 Å². The molecule has 1 fully saturated rings. The van der Waals surface area contributed by atoms with Crippen LogP contribution in [0, 0.1) is 12.8 Å². The number of rotatable bonds is 8. The van der Waals surface area contributed by atoms with Crippen LogP contribution in [0.1, 0.15) is 56.5 Å². The van der Waals surface area contributed by atoms with Gasteiger partial charge in [0, 0.05) is 5.56 Å². The number of halogens is 3. The standard InChI is InChI=1S/C23H28F3NO5/c1-14-19(27-20(32-14)16-7-5-8-17(11-16)23(24,25)26)13-30-18-9-4-6-15(10-18)12-31-22(2,3)21(28)29/h5,7-8,11,15,18H,4,6,9-10,12-13H2,1-3H3,(H,28,29). The number of hydrogen-bond donors (Lipinski definition) is 1. The number of oxazole rings is 1. The molecule has 2 aromatic rings. The summed E-state index contributed by atoms with van der Waals surface area (Å²) in [5.74, 6) is -0.181. The largest absolute Gasteiger partial charge is 0.479 e. The summed E-state index contributed by atoms with van der Waals surface area (Å²) in [7, 11) is 0. The average Bonchev–Trinajstić information content (AvgIpc) is 3.11. The maximum Gasteiger partial charge on any atom is 0.416 e. The van der Waals surface area contributed by atoms with E-state index in [1.54, 1.807) is 6.92 Å². The molecule has 0 saturated heterocycles. The van der Waals surface area contributed by atoms with Gasteiger partial charge in [0.05, 0.1) is 24.9 Å². The van der Waals surface area contributed by atoms with E-state index in [1.165, 1.54) is 26.0 Å². The van der Waals surface area contributed by atoms with Crippen LogP contribution in [-0.2, 0) is 27.1 Å². The second-order valence-electron chi connectivity index (χ2n) is 8.69. The first-order valence-corrected chi connectivity index (χ1v) is 10.6. The van der Waals surface area contributed by atoms with Crippen molar-refractivity contribution >= 4 is 5.97 Å². The molecule has 0 aliphatic heterocycles. The van der Waals surface area contributed by atoms with Gasteiger partial charge in [0.2, 0.25) is 5.89 Å². The maximum absolute atomic E-state index is 13.0. The van der Waals surface area contributed by atoms with Crippen molar-refractivity contribution in [2.45, 2.75) is 70.9 Å². The van der Waals surface area contributed by atoms with Crippen molar-refractivity contribution in [1.82, 2.24) is 4.98 Å². The number of nitrogens with zero attached hydrogens (tertiary/aromatic N) is 1. The molecule has 1 aromatic heterocycles. The molecule has 1 aliphatic rings. The summed E-state index contributed by atoms with van der Waals surface area (Å²) in [4.78, 5) is 15.5. The van der Waals surface area contributed by atoms with Gasteiger partial charge in [-0.2, -0.15) is 13.2 Å². The molecule has 2 unspecified atom stereocenters. The Morgan fingerprint density at radius 3 is 2.72 bits per heavy atom. The molecule has 1 aromatic carbocycles. The van der Waals surface area contributed by atoms with Crippen molar-refractivity contribution in [3.63, 3.8) is 0 Å². The Hall–Kier alpha value is -2.39. The number of ether oxygens (including phenoxy) is 2. The monoisotopic (exact) mass is 455 g/mol. The first-order chi connectivity index (χ1) is 15.0. The van der Waals surface area contributed by atoms with Gasteiger partial charge in [-0.1, -0.05) is 12.5 Å². The van der Waals surface area contributed by atoms with E-state index in [-0.39, 0.29) is 30.1 Å². The normalized spacial score (nSPS) is 19.8. The number of aromatic nitrogens is 1. The summed E-state index contributed by atoms with van der Waals surface area (Å²) in [6, 6.07) is 4.86. The third-order valence-corrected chi connectivity index (χ3v) is 5.71. The van der Waals surface area contributed by atoms with Crippen LogP contribution in [0.3, 0.4) is 0 Å². The van der Waals surface area contributed by atoms with Crippen molar-refractivity contribution in [2.75, 3.05) is 6.61 Å². The van der Waals surface area contributed by atoms with Crippen molar-refractivity contribution in [3.8, 4) is 11.5 Å². The summed E-state index contributed by atoms with van der Waals surface area (Å²) >= 11 is 0. The minimum atomic E-state index is -4.44. The van der Waals surface area contributed by atoms with Gasteiger partial charge in [-0.15, -0.1) is 0 Å². The molecule has 176 valence electrons. The zero-order chi connectivity index (χ0) is 23.5. The highest BCUT2D eigenvalue weighted by atomic mass is 19.4. The molecule has 1 N–H and O–H groups in total. The number of carboxylic acids is 1. The maximum atomic E-state index is 13.0. The number of alkyl halides is 3. The van der Waals surface area contributed by atoms with Gasteiger partial charge < -0.3 is 19.0 Å². The van der Waals surface area contributed by atoms with Gasteiger partial charge in [0.15, 0.2) is 5.60 Å². The van der Waals surface area contributed by atoms with Gasteiger partial charge in [-0.3, -0.25) is 0 Å². The van der Waals surface area contributed by atoms with Crippen LogP contribution in [0.5, 0.6) is 0 Å². The Labute approximate surface area is 184 Å². The Morgan fingerprint density at radius 2 is 2.03 bits per heavy atom.